The van der Waals surface area contributed by atoms with Crippen LogP contribution in [0.2, 0.25) is 0 Å². The van der Waals surface area contributed by atoms with Gasteiger partial charge in [0, 0.05) is 74.8 Å². The van der Waals surface area contributed by atoms with Crippen LogP contribution in [0.3, 0.4) is 0 Å². The summed E-state index contributed by atoms with van der Waals surface area (Å²) in [6, 6.07) is 15.9. The third-order valence-corrected chi connectivity index (χ3v) is 15.6. The molecule has 1 unspecified atom stereocenters. The van der Waals surface area contributed by atoms with Crippen LogP contribution in [-0.2, 0) is 52.8 Å². The standard InChI is InChI=1S/C57H74N8O7/c1-11-64-47-21-20-40-32-43(47)44(51(64)42-18-13-27-58-49(42)37(4)71-10)33-56(5,6)35-72-55(70)45-19-14-28-65(60-45)54(69)46(31-38-16-12-17-39(40)30-38)59-52(67)50(36(2)3)62(9)53(68)41-23-29-63(34-41)48(66)22-26-57(61(7)8)24-15-25-57/h12-13,16-18,20-21,27,30,32,36-37,41,45-46,50,60H,11,14-15,19,23-25,28-29,31,33-35H2,1-10H3,(H,59,67)/t37-,41?,45-,46-,50-/m0/s1. The SMILES string of the molecule is CCn1c(-c2cccnc2[C@H](C)OC)c2c3cc(ccc31)-c1cccc(c1)C[C@H](NC(=O)[C@H](C(C)C)N(C)C(=O)C1CCN(C(=O)C#CC3(N(C)C)CCC3)C1)C(=O)N1CCC[C@H](N1)C(=O)OCC(C)(C)C2. The Morgan fingerprint density at radius 3 is 2.44 bits per heavy atom. The van der Waals surface area contributed by atoms with Crippen LogP contribution in [0.25, 0.3) is 33.3 Å². The quantitative estimate of drug-likeness (QED) is 0.132. The summed E-state index contributed by atoms with van der Waals surface area (Å²) in [7, 11) is 7.29. The molecular weight excluding hydrogens is 909 g/mol. The molecule has 5 atom stereocenters. The number of methoxy groups -OCH3 is 1. The number of nitrogens with zero attached hydrogens (tertiary/aromatic N) is 6. The number of carbonyl (C=O) groups is 5. The molecule has 1 aliphatic carbocycles. The largest absolute Gasteiger partial charge is 0.464 e. The Labute approximate surface area is 425 Å². The van der Waals surface area contributed by atoms with Crippen LogP contribution in [0.4, 0.5) is 0 Å². The van der Waals surface area contributed by atoms with E-state index in [0.717, 1.165) is 69.4 Å². The molecule has 2 aromatic heterocycles. The number of hydrogen-bond acceptors (Lipinski definition) is 10. The van der Waals surface area contributed by atoms with E-state index in [1.54, 1.807) is 25.3 Å². The van der Waals surface area contributed by atoms with Crippen LogP contribution in [0.5, 0.6) is 0 Å². The van der Waals surface area contributed by atoms with E-state index in [-0.39, 0.29) is 48.9 Å². The maximum atomic E-state index is 14.8. The Morgan fingerprint density at radius 2 is 1.75 bits per heavy atom. The van der Waals surface area contributed by atoms with E-state index in [2.05, 4.69) is 89.2 Å². The van der Waals surface area contributed by atoms with Gasteiger partial charge >= 0.3 is 5.97 Å². The van der Waals surface area contributed by atoms with Gasteiger partial charge in [-0.1, -0.05) is 63.9 Å². The topological polar surface area (TPSA) is 159 Å². The molecule has 5 heterocycles. The summed E-state index contributed by atoms with van der Waals surface area (Å²) >= 11 is 0. The Hall–Kier alpha value is -6.08. The smallest absolute Gasteiger partial charge is 0.324 e. The Bertz CT molecular complexity index is 2770. The van der Waals surface area contributed by atoms with Crippen molar-refractivity contribution in [3.63, 3.8) is 0 Å². The fraction of sp³-hybridized carbons (Fsp3) is 0.544. The molecule has 3 aliphatic heterocycles. The number of cyclic esters (lactones) is 1. The third kappa shape index (κ3) is 10.7. The summed E-state index contributed by atoms with van der Waals surface area (Å²) < 4.78 is 14.3. The van der Waals surface area contributed by atoms with Crippen molar-refractivity contribution in [2.75, 3.05) is 54.5 Å². The molecular formula is C57H74N8O7. The minimum atomic E-state index is -1.06. The number of rotatable bonds is 10. The summed E-state index contributed by atoms with van der Waals surface area (Å²) in [6.07, 6.45) is 6.66. The second-order valence-corrected chi connectivity index (χ2v) is 21.7. The van der Waals surface area contributed by atoms with E-state index >= 15 is 0 Å². The number of hydrazine groups is 1. The molecule has 15 heteroatoms. The average molecular weight is 983 g/mol. The van der Waals surface area contributed by atoms with Crippen LogP contribution in [0.15, 0.2) is 60.8 Å². The first-order chi connectivity index (χ1) is 34.3. The van der Waals surface area contributed by atoms with Crippen LogP contribution >= 0.6 is 0 Å². The molecule has 1 saturated carbocycles. The third-order valence-electron chi connectivity index (χ3n) is 15.6. The summed E-state index contributed by atoms with van der Waals surface area (Å²) in [5.74, 6) is 3.41. The van der Waals surface area contributed by atoms with Crippen molar-refractivity contribution in [3.8, 4) is 34.2 Å². The van der Waals surface area contributed by atoms with Gasteiger partial charge < -0.3 is 29.2 Å². The summed E-state index contributed by atoms with van der Waals surface area (Å²) in [6.45, 7) is 13.9. The Morgan fingerprint density at radius 1 is 0.986 bits per heavy atom. The molecule has 4 amide bonds. The molecule has 0 spiro atoms. The number of hydrogen-bond donors (Lipinski definition) is 2. The second kappa shape index (κ2) is 21.6. The van der Waals surface area contributed by atoms with Gasteiger partial charge in [0.25, 0.3) is 11.8 Å². The number of aromatic nitrogens is 2. The lowest BCUT2D eigenvalue weighted by Gasteiger charge is -2.42. The van der Waals surface area contributed by atoms with Crippen molar-refractivity contribution >= 4 is 40.5 Å². The Balaban J connectivity index is 1.11. The molecule has 2 N–H and O–H groups in total. The van der Waals surface area contributed by atoms with Crippen molar-refractivity contribution in [3.05, 3.63) is 77.6 Å². The first-order valence-electron chi connectivity index (χ1n) is 25.9. The highest BCUT2D eigenvalue weighted by Crippen LogP contribution is 2.42. The van der Waals surface area contributed by atoms with Gasteiger partial charge in [0.15, 0.2) is 0 Å². The molecule has 384 valence electrons. The molecule has 72 heavy (non-hydrogen) atoms. The van der Waals surface area contributed by atoms with Gasteiger partial charge in [0.1, 0.15) is 18.1 Å². The number of ether oxygens (including phenoxy) is 2. The number of amides is 4. The van der Waals surface area contributed by atoms with Gasteiger partial charge in [0.2, 0.25) is 11.8 Å². The molecule has 8 rings (SSSR count). The monoisotopic (exact) mass is 983 g/mol. The number of likely N-dealkylation sites (N-methyl/N-ethyl adjacent to an activating group) is 1. The van der Waals surface area contributed by atoms with Crippen molar-refractivity contribution in [2.24, 2.45) is 17.3 Å². The minimum absolute atomic E-state index is 0.133. The van der Waals surface area contributed by atoms with Crippen LogP contribution in [0, 0.1) is 29.1 Å². The van der Waals surface area contributed by atoms with E-state index in [4.69, 9.17) is 14.5 Å². The predicted molar refractivity (Wildman–Crippen MR) is 278 cm³/mol. The molecule has 2 saturated heterocycles. The van der Waals surface area contributed by atoms with Gasteiger partial charge in [-0.3, -0.25) is 38.9 Å². The van der Waals surface area contributed by atoms with Gasteiger partial charge in [-0.25, -0.2) is 5.43 Å². The molecule has 0 radical (unpaired) electrons. The molecule has 15 nitrogen and oxygen atoms in total. The van der Waals surface area contributed by atoms with Crippen molar-refractivity contribution in [1.82, 2.24) is 40.0 Å². The first-order valence-corrected chi connectivity index (χ1v) is 25.9. The number of aryl methyl sites for hydroxylation is 1. The molecule has 6 bridgehead atoms. The molecule has 4 aliphatic rings. The maximum Gasteiger partial charge on any atom is 0.324 e. The lowest BCUT2D eigenvalue weighted by Crippen LogP contribution is -2.62. The van der Waals surface area contributed by atoms with Crippen LogP contribution in [-0.4, -0.2) is 137 Å². The molecule has 3 fully saturated rings. The van der Waals surface area contributed by atoms with Crippen LogP contribution in [0.1, 0.15) is 103 Å². The van der Waals surface area contributed by atoms with E-state index in [1.807, 2.05) is 53.1 Å². The predicted octanol–water partition coefficient (Wildman–Crippen LogP) is 6.57. The summed E-state index contributed by atoms with van der Waals surface area (Å²) in [5.41, 5.74) is 10.2. The molecule has 4 aromatic rings. The number of nitrogens with one attached hydrogen (secondary N) is 2. The highest BCUT2D eigenvalue weighted by molar-refractivity contribution is 5.97. The zero-order valence-corrected chi connectivity index (χ0v) is 44.0. The van der Waals surface area contributed by atoms with Gasteiger partial charge in [-0.2, -0.15) is 0 Å². The average Bonchev–Trinajstić information content (AvgIpc) is 3.97. The summed E-state index contributed by atoms with van der Waals surface area (Å²) in [4.78, 5) is 81.1. The van der Waals surface area contributed by atoms with Crippen LogP contribution < -0.4 is 10.7 Å². The zero-order valence-electron chi connectivity index (χ0n) is 44.0. The maximum absolute atomic E-state index is 14.8. The second-order valence-electron chi connectivity index (χ2n) is 21.7. The number of carbonyl (C=O) groups excluding carboxylic acids is 5. The normalized spacial score (nSPS) is 21.8. The van der Waals surface area contributed by atoms with Gasteiger partial charge in [-0.15, -0.1) is 0 Å². The first kappa shape index (κ1) is 52.2. The number of esters is 1. The minimum Gasteiger partial charge on any atom is -0.464 e. The van der Waals surface area contributed by atoms with E-state index < -0.39 is 47.2 Å². The van der Waals surface area contributed by atoms with E-state index in [9.17, 15) is 24.0 Å². The van der Waals surface area contributed by atoms with Crippen molar-refractivity contribution in [1.29, 1.82) is 0 Å². The lowest BCUT2D eigenvalue weighted by molar-refractivity contribution is -0.155. The number of pyridine rings is 1. The fourth-order valence-electron chi connectivity index (χ4n) is 11.2. The molecule has 2 aromatic carbocycles. The van der Waals surface area contributed by atoms with Crippen molar-refractivity contribution < 1.29 is 33.4 Å². The highest BCUT2D eigenvalue weighted by Gasteiger charge is 2.41. The zero-order chi connectivity index (χ0) is 51.6. The van der Waals surface area contributed by atoms with Gasteiger partial charge in [0.05, 0.1) is 35.6 Å². The lowest BCUT2D eigenvalue weighted by atomic mass is 9.76. The van der Waals surface area contributed by atoms with Crippen molar-refractivity contribution in [2.45, 2.75) is 129 Å². The number of fused-ring (bicyclic) bond motifs is 6. The summed E-state index contributed by atoms with van der Waals surface area (Å²) in [5, 5.41) is 5.61. The fourth-order valence-corrected chi connectivity index (χ4v) is 11.2. The van der Waals surface area contributed by atoms with E-state index in [0.29, 0.717) is 45.3 Å². The van der Waals surface area contributed by atoms with Gasteiger partial charge in [-0.05, 0) is 131 Å². The van der Waals surface area contributed by atoms with E-state index in [1.165, 1.54) is 9.91 Å². The number of benzene rings is 2. The highest BCUT2D eigenvalue weighted by atomic mass is 16.5. The number of likely N-dealkylation sites (tertiary alicyclic amines) is 1. The Kier molecular flexibility index (Phi) is 15.6.